The monoisotopic (exact) mass is 470 g/mol. The van der Waals surface area contributed by atoms with Crippen molar-refractivity contribution in [2.75, 3.05) is 23.3 Å². The summed E-state index contributed by atoms with van der Waals surface area (Å²) >= 11 is 0. The van der Waals surface area contributed by atoms with Crippen molar-refractivity contribution in [1.82, 2.24) is 15.0 Å². The highest BCUT2D eigenvalue weighted by Gasteiger charge is 2.31. The number of benzene rings is 1. The maximum Gasteiger partial charge on any atom is 0.417 e. The zero-order valence-electron chi connectivity index (χ0n) is 18.1. The Balaban J connectivity index is 1.51. The van der Waals surface area contributed by atoms with Crippen LogP contribution in [0.15, 0.2) is 48.9 Å². The molecule has 3 heterocycles. The van der Waals surface area contributed by atoms with Crippen molar-refractivity contribution in [3.05, 3.63) is 77.0 Å². The molecule has 1 aliphatic rings. The smallest absolute Gasteiger partial charge is 0.363 e. The highest BCUT2D eigenvalue weighted by molar-refractivity contribution is 6.04. The third kappa shape index (κ3) is 4.98. The van der Waals surface area contributed by atoms with E-state index in [0.717, 1.165) is 23.6 Å². The zero-order chi connectivity index (χ0) is 24.5. The molecule has 176 valence electrons. The molecule has 1 atom stereocenters. The van der Waals surface area contributed by atoms with Crippen LogP contribution >= 0.6 is 0 Å². The number of primary amides is 1. The second kappa shape index (κ2) is 9.08. The number of pyridine rings is 1. The molecule has 4 rings (SSSR count). The Morgan fingerprint density at radius 3 is 2.71 bits per heavy atom. The van der Waals surface area contributed by atoms with Gasteiger partial charge in [0.25, 0.3) is 11.8 Å². The number of aryl methyl sites for hydroxylation is 1. The lowest BCUT2D eigenvalue weighted by molar-refractivity contribution is -0.137. The molecule has 1 saturated heterocycles. The Morgan fingerprint density at radius 1 is 1.18 bits per heavy atom. The van der Waals surface area contributed by atoms with Gasteiger partial charge in [-0.05, 0) is 48.7 Å². The van der Waals surface area contributed by atoms with E-state index in [1.165, 1.54) is 12.4 Å². The van der Waals surface area contributed by atoms with E-state index in [9.17, 15) is 22.8 Å². The summed E-state index contributed by atoms with van der Waals surface area (Å²) in [6, 6.07) is 7.75. The summed E-state index contributed by atoms with van der Waals surface area (Å²) in [5.41, 5.74) is 6.57. The van der Waals surface area contributed by atoms with Gasteiger partial charge in [-0.1, -0.05) is 6.07 Å². The molecule has 1 fully saturated rings. The van der Waals surface area contributed by atoms with Crippen LogP contribution in [0.1, 0.15) is 50.0 Å². The third-order valence-corrected chi connectivity index (χ3v) is 5.68. The van der Waals surface area contributed by atoms with Crippen LogP contribution in [0.3, 0.4) is 0 Å². The van der Waals surface area contributed by atoms with E-state index < -0.39 is 23.6 Å². The molecule has 8 nitrogen and oxygen atoms in total. The standard InChI is InChI=1S/C23H21F3N6O2/c1-13-2-3-14(22(34)30-17-9-16(10-28-11-17)23(24,25)26)8-18(13)15-5-7-32(12-15)19-4-6-29-21(31-19)20(27)33/h2-4,6,8-11,15H,5,7,12H2,1H3,(H2,27,33)(H,30,34)/t15-/m1/s1. The van der Waals surface area contributed by atoms with Crippen LogP contribution in [0.2, 0.25) is 0 Å². The highest BCUT2D eigenvalue weighted by atomic mass is 19.4. The van der Waals surface area contributed by atoms with Gasteiger partial charge in [-0.15, -0.1) is 0 Å². The van der Waals surface area contributed by atoms with Gasteiger partial charge < -0.3 is 16.0 Å². The maximum atomic E-state index is 12.9. The number of nitrogens with two attached hydrogens (primary N) is 1. The minimum absolute atomic E-state index is 0.0389. The topological polar surface area (TPSA) is 114 Å². The van der Waals surface area contributed by atoms with Crippen molar-refractivity contribution in [2.45, 2.75) is 25.4 Å². The largest absolute Gasteiger partial charge is 0.417 e. The first-order valence-electron chi connectivity index (χ1n) is 10.4. The molecule has 0 radical (unpaired) electrons. The number of aromatic nitrogens is 3. The maximum absolute atomic E-state index is 12.9. The molecule has 0 spiro atoms. The molecule has 2 aromatic heterocycles. The van der Waals surface area contributed by atoms with Crippen LogP contribution in [0.25, 0.3) is 0 Å². The summed E-state index contributed by atoms with van der Waals surface area (Å²) in [5, 5.41) is 2.49. The molecule has 1 aliphatic heterocycles. The number of halogens is 3. The number of rotatable bonds is 5. The van der Waals surface area contributed by atoms with Gasteiger partial charge in [0.15, 0.2) is 0 Å². The molecule has 34 heavy (non-hydrogen) atoms. The van der Waals surface area contributed by atoms with Crippen molar-refractivity contribution in [1.29, 1.82) is 0 Å². The average molecular weight is 470 g/mol. The molecule has 3 aromatic rings. The van der Waals surface area contributed by atoms with Gasteiger partial charge in [0, 0.05) is 37.0 Å². The van der Waals surface area contributed by atoms with E-state index in [1.807, 2.05) is 17.9 Å². The van der Waals surface area contributed by atoms with Crippen molar-refractivity contribution in [2.24, 2.45) is 5.73 Å². The van der Waals surface area contributed by atoms with Crippen LogP contribution in [0, 0.1) is 6.92 Å². The summed E-state index contributed by atoms with van der Waals surface area (Å²) < 4.78 is 38.8. The fraction of sp³-hybridized carbons (Fsp3) is 0.261. The van der Waals surface area contributed by atoms with Crippen LogP contribution < -0.4 is 16.0 Å². The van der Waals surface area contributed by atoms with E-state index >= 15 is 0 Å². The number of hydrogen-bond donors (Lipinski definition) is 2. The van der Waals surface area contributed by atoms with Gasteiger partial charge in [0.05, 0.1) is 17.4 Å². The number of hydrogen-bond acceptors (Lipinski definition) is 6. The van der Waals surface area contributed by atoms with Crippen LogP contribution in [-0.4, -0.2) is 39.9 Å². The van der Waals surface area contributed by atoms with E-state index in [4.69, 9.17) is 5.73 Å². The summed E-state index contributed by atoms with van der Waals surface area (Å²) in [6.07, 6.45) is -0.413. The number of nitrogens with zero attached hydrogens (tertiary/aromatic N) is 4. The molecule has 0 bridgehead atoms. The van der Waals surface area contributed by atoms with Gasteiger partial charge in [0.2, 0.25) is 5.82 Å². The minimum atomic E-state index is -4.55. The van der Waals surface area contributed by atoms with E-state index in [0.29, 0.717) is 30.7 Å². The first kappa shape index (κ1) is 23.1. The Morgan fingerprint density at radius 2 is 1.97 bits per heavy atom. The van der Waals surface area contributed by atoms with Gasteiger partial charge in [0.1, 0.15) is 5.82 Å². The molecule has 1 aromatic carbocycles. The fourth-order valence-electron chi connectivity index (χ4n) is 3.95. The first-order valence-corrected chi connectivity index (χ1v) is 10.4. The molecule has 2 amide bonds. The number of carbonyl (C=O) groups is 2. The lowest BCUT2D eigenvalue weighted by Crippen LogP contribution is -2.23. The predicted molar refractivity (Wildman–Crippen MR) is 118 cm³/mol. The van der Waals surface area contributed by atoms with Gasteiger partial charge in [-0.3, -0.25) is 14.6 Å². The summed E-state index contributed by atoms with van der Waals surface area (Å²) in [5.74, 6) is -0.605. The molecular formula is C23H21F3N6O2. The Hall–Kier alpha value is -4.02. The number of carbonyl (C=O) groups excluding carboxylic acids is 2. The number of anilines is 2. The van der Waals surface area contributed by atoms with Crippen molar-refractivity contribution >= 4 is 23.3 Å². The Labute approximate surface area is 193 Å². The van der Waals surface area contributed by atoms with Gasteiger partial charge >= 0.3 is 6.18 Å². The average Bonchev–Trinajstić information content (AvgIpc) is 3.29. The van der Waals surface area contributed by atoms with Crippen molar-refractivity contribution in [3.63, 3.8) is 0 Å². The normalized spacial score (nSPS) is 15.9. The summed E-state index contributed by atoms with van der Waals surface area (Å²) in [7, 11) is 0. The lowest BCUT2D eigenvalue weighted by Gasteiger charge is -2.19. The van der Waals surface area contributed by atoms with Gasteiger partial charge in [-0.25, -0.2) is 9.97 Å². The minimum Gasteiger partial charge on any atom is -0.363 e. The fourth-order valence-corrected chi connectivity index (χ4v) is 3.95. The third-order valence-electron chi connectivity index (χ3n) is 5.68. The van der Waals surface area contributed by atoms with Crippen LogP contribution in [0.5, 0.6) is 0 Å². The zero-order valence-corrected chi connectivity index (χ0v) is 18.1. The van der Waals surface area contributed by atoms with Crippen molar-refractivity contribution < 1.29 is 22.8 Å². The second-order valence-electron chi connectivity index (χ2n) is 8.02. The number of alkyl halides is 3. The summed E-state index contributed by atoms with van der Waals surface area (Å²) in [4.78, 5) is 37.8. The lowest BCUT2D eigenvalue weighted by atomic mass is 9.92. The highest BCUT2D eigenvalue weighted by Crippen LogP contribution is 2.33. The number of amides is 2. The predicted octanol–water partition coefficient (Wildman–Crippen LogP) is 3.54. The quantitative estimate of drug-likeness (QED) is 0.590. The first-order chi connectivity index (χ1) is 16.1. The molecule has 0 aliphatic carbocycles. The van der Waals surface area contributed by atoms with Crippen molar-refractivity contribution in [3.8, 4) is 0 Å². The molecular weight excluding hydrogens is 449 g/mol. The van der Waals surface area contributed by atoms with E-state index in [2.05, 4.69) is 20.3 Å². The van der Waals surface area contributed by atoms with Gasteiger partial charge in [-0.2, -0.15) is 13.2 Å². The molecule has 11 heteroatoms. The Kier molecular flexibility index (Phi) is 6.18. The molecule has 0 unspecified atom stereocenters. The second-order valence-corrected chi connectivity index (χ2v) is 8.02. The molecule has 0 saturated carbocycles. The summed E-state index contributed by atoms with van der Waals surface area (Å²) in [6.45, 7) is 3.23. The SMILES string of the molecule is Cc1ccc(C(=O)Nc2cncc(C(F)(F)F)c2)cc1[C@@H]1CCN(c2ccnc(C(N)=O)n2)C1. The van der Waals surface area contributed by atoms with E-state index in [-0.39, 0.29) is 17.4 Å². The number of nitrogens with one attached hydrogen (secondary N) is 1. The van der Waals surface area contributed by atoms with Crippen LogP contribution in [-0.2, 0) is 6.18 Å². The van der Waals surface area contributed by atoms with Crippen LogP contribution in [0.4, 0.5) is 24.7 Å². The van der Waals surface area contributed by atoms with E-state index in [1.54, 1.807) is 18.2 Å². The molecule has 3 N–H and O–H groups in total. The Bertz CT molecular complexity index is 1250.